The van der Waals surface area contributed by atoms with Crippen LogP contribution in [0.2, 0.25) is 0 Å². The summed E-state index contributed by atoms with van der Waals surface area (Å²) in [5.74, 6) is 1.04. The first kappa shape index (κ1) is 11.0. The zero-order valence-corrected chi connectivity index (χ0v) is 10.2. The zero-order chi connectivity index (χ0) is 10.8. The highest BCUT2D eigenvalue weighted by Gasteiger charge is 2.20. The van der Waals surface area contributed by atoms with Crippen LogP contribution in [-0.2, 0) is 12.2 Å². The van der Waals surface area contributed by atoms with Gasteiger partial charge in [-0.15, -0.1) is 0 Å². The molecule has 0 fully saturated rings. The molecule has 82 valence electrons. The number of thioether (sulfide) groups is 1. The minimum Gasteiger partial charge on any atom is -0.388 e. The number of hydrogen-bond donors (Lipinski definition) is 1. The molecule has 0 spiro atoms. The molecule has 1 aromatic rings. The van der Waals surface area contributed by atoms with Crippen molar-refractivity contribution < 1.29 is 5.11 Å². The highest BCUT2D eigenvalue weighted by Crippen LogP contribution is 2.35. The first-order valence-electron chi connectivity index (χ1n) is 5.62. The molecule has 0 saturated heterocycles. The number of fused-ring (bicyclic) bond motifs is 1. The lowest BCUT2D eigenvalue weighted by Gasteiger charge is -2.13. The number of hydrogen-bond acceptors (Lipinski definition) is 2. The van der Waals surface area contributed by atoms with E-state index in [-0.39, 0.29) is 6.10 Å². The van der Waals surface area contributed by atoms with E-state index < -0.39 is 0 Å². The van der Waals surface area contributed by atoms with Crippen LogP contribution >= 0.6 is 11.8 Å². The average molecular weight is 222 g/mol. The Morgan fingerprint density at radius 1 is 1.47 bits per heavy atom. The highest BCUT2D eigenvalue weighted by atomic mass is 32.2. The Balaban J connectivity index is 2.36. The van der Waals surface area contributed by atoms with Crippen LogP contribution in [0.5, 0.6) is 0 Å². The summed E-state index contributed by atoms with van der Waals surface area (Å²) in [5, 5.41) is 10.7. The van der Waals surface area contributed by atoms with Gasteiger partial charge in [0.2, 0.25) is 0 Å². The molecule has 0 bridgehead atoms. The zero-order valence-electron chi connectivity index (χ0n) is 9.36. The van der Waals surface area contributed by atoms with E-state index in [0.717, 1.165) is 24.2 Å². The van der Waals surface area contributed by atoms with Crippen LogP contribution in [0.1, 0.15) is 43.1 Å². The third-order valence-electron chi connectivity index (χ3n) is 3.06. The van der Waals surface area contributed by atoms with E-state index >= 15 is 0 Å². The lowest BCUT2D eigenvalue weighted by Crippen LogP contribution is -2.04. The van der Waals surface area contributed by atoms with E-state index in [9.17, 15) is 5.11 Å². The van der Waals surface area contributed by atoms with Crippen LogP contribution in [0.25, 0.3) is 0 Å². The van der Waals surface area contributed by atoms with E-state index in [1.54, 1.807) is 0 Å². The predicted molar refractivity (Wildman–Crippen MR) is 66.2 cm³/mol. The fourth-order valence-electron chi connectivity index (χ4n) is 2.05. The minimum absolute atomic E-state index is 0.267. The number of benzene rings is 1. The van der Waals surface area contributed by atoms with E-state index in [1.807, 2.05) is 11.8 Å². The monoisotopic (exact) mass is 222 g/mol. The van der Waals surface area contributed by atoms with Gasteiger partial charge in [0.25, 0.3) is 0 Å². The summed E-state index contributed by atoms with van der Waals surface area (Å²) >= 11 is 1.94. The van der Waals surface area contributed by atoms with Gasteiger partial charge in [0.05, 0.1) is 6.10 Å². The van der Waals surface area contributed by atoms with Gasteiger partial charge in [-0.2, -0.15) is 11.8 Å². The van der Waals surface area contributed by atoms with Crippen molar-refractivity contribution in [1.82, 2.24) is 0 Å². The quantitative estimate of drug-likeness (QED) is 0.786. The first-order valence-corrected chi connectivity index (χ1v) is 6.67. The first-order chi connectivity index (χ1) is 7.20. The van der Waals surface area contributed by atoms with Crippen LogP contribution in [0, 0.1) is 0 Å². The Hall–Kier alpha value is -0.470. The molecule has 2 heteroatoms. The Labute approximate surface area is 95.9 Å². The van der Waals surface area contributed by atoms with Gasteiger partial charge in [-0.1, -0.05) is 32.0 Å². The number of rotatable bonds is 1. The molecule has 2 atom stereocenters. The summed E-state index contributed by atoms with van der Waals surface area (Å²) in [6, 6.07) is 6.54. The maximum absolute atomic E-state index is 10.1. The molecule has 0 aromatic heterocycles. The van der Waals surface area contributed by atoms with E-state index in [4.69, 9.17) is 0 Å². The predicted octanol–water partition coefficient (Wildman–Crippen LogP) is 3.31. The Morgan fingerprint density at radius 3 is 3.00 bits per heavy atom. The minimum atomic E-state index is -0.267. The fourth-order valence-corrected chi connectivity index (χ4v) is 3.09. The second-order valence-electron chi connectivity index (χ2n) is 4.26. The Kier molecular flexibility index (Phi) is 3.37. The van der Waals surface area contributed by atoms with Crippen molar-refractivity contribution in [2.45, 2.75) is 43.8 Å². The summed E-state index contributed by atoms with van der Waals surface area (Å²) in [7, 11) is 0. The number of aliphatic hydroxyl groups excluding tert-OH is 1. The average Bonchev–Trinajstić information content (AvgIpc) is 2.38. The fraction of sp³-hybridized carbons (Fsp3) is 0.538. The second kappa shape index (κ2) is 4.58. The number of aliphatic hydroxyl groups is 1. The van der Waals surface area contributed by atoms with E-state index in [2.05, 4.69) is 32.0 Å². The van der Waals surface area contributed by atoms with Crippen molar-refractivity contribution in [2.75, 3.05) is 0 Å². The molecule has 0 amide bonds. The van der Waals surface area contributed by atoms with Gasteiger partial charge in [-0.05, 0) is 29.5 Å². The third-order valence-corrected chi connectivity index (χ3v) is 4.30. The van der Waals surface area contributed by atoms with Crippen molar-refractivity contribution in [3.63, 3.8) is 0 Å². The molecule has 1 N–H and O–H groups in total. The molecule has 1 aliphatic rings. The Morgan fingerprint density at radius 2 is 2.27 bits per heavy atom. The SMILES string of the molecule is CCc1ccc2c(c1)[C@@H](O)CC(C)SC2. The van der Waals surface area contributed by atoms with Crippen LogP contribution in [0.15, 0.2) is 18.2 Å². The van der Waals surface area contributed by atoms with E-state index in [0.29, 0.717) is 5.25 Å². The molecule has 1 aliphatic heterocycles. The molecule has 0 radical (unpaired) electrons. The van der Waals surface area contributed by atoms with E-state index in [1.165, 1.54) is 11.1 Å². The van der Waals surface area contributed by atoms with Crippen molar-refractivity contribution in [2.24, 2.45) is 0 Å². The topological polar surface area (TPSA) is 20.2 Å². The second-order valence-corrected chi connectivity index (χ2v) is 5.69. The van der Waals surface area contributed by atoms with Gasteiger partial charge in [0.1, 0.15) is 0 Å². The van der Waals surface area contributed by atoms with Gasteiger partial charge in [0, 0.05) is 11.0 Å². The van der Waals surface area contributed by atoms with Crippen LogP contribution in [-0.4, -0.2) is 10.4 Å². The van der Waals surface area contributed by atoms with Crippen molar-refractivity contribution in [3.8, 4) is 0 Å². The summed E-state index contributed by atoms with van der Waals surface area (Å²) in [4.78, 5) is 0. The van der Waals surface area contributed by atoms with Crippen molar-refractivity contribution >= 4 is 11.8 Å². The lowest BCUT2D eigenvalue weighted by molar-refractivity contribution is 0.168. The molecule has 0 aliphatic carbocycles. The van der Waals surface area contributed by atoms with Gasteiger partial charge in [0.15, 0.2) is 0 Å². The normalized spacial score (nSPS) is 25.8. The summed E-state index contributed by atoms with van der Waals surface area (Å²) in [5.41, 5.74) is 3.80. The highest BCUT2D eigenvalue weighted by molar-refractivity contribution is 7.99. The molecular weight excluding hydrogens is 204 g/mol. The maximum atomic E-state index is 10.1. The van der Waals surface area contributed by atoms with Crippen molar-refractivity contribution in [3.05, 3.63) is 34.9 Å². The summed E-state index contributed by atoms with van der Waals surface area (Å²) in [6.45, 7) is 4.35. The summed E-state index contributed by atoms with van der Waals surface area (Å²) in [6.07, 6.45) is 1.66. The van der Waals surface area contributed by atoms with Crippen LogP contribution in [0.4, 0.5) is 0 Å². The van der Waals surface area contributed by atoms with Crippen LogP contribution in [0.3, 0.4) is 0 Å². The molecule has 1 heterocycles. The molecule has 15 heavy (non-hydrogen) atoms. The molecule has 2 rings (SSSR count). The third kappa shape index (κ3) is 2.37. The summed E-state index contributed by atoms with van der Waals surface area (Å²) < 4.78 is 0. The molecular formula is C13H18OS. The maximum Gasteiger partial charge on any atom is 0.0803 e. The van der Waals surface area contributed by atoms with Gasteiger partial charge >= 0.3 is 0 Å². The smallest absolute Gasteiger partial charge is 0.0803 e. The molecule has 1 aromatic carbocycles. The Bertz CT molecular complexity index is 348. The lowest BCUT2D eigenvalue weighted by atomic mass is 9.97. The van der Waals surface area contributed by atoms with Gasteiger partial charge < -0.3 is 5.11 Å². The molecule has 1 unspecified atom stereocenters. The molecule has 1 nitrogen and oxygen atoms in total. The van der Waals surface area contributed by atoms with Gasteiger partial charge in [-0.3, -0.25) is 0 Å². The van der Waals surface area contributed by atoms with Gasteiger partial charge in [-0.25, -0.2) is 0 Å². The number of aryl methyl sites for hydroxylation is 1. The molecule has 0 saturated carbocycles. The standard InChI is InChI=1S/C13H18OS/c1-3-10-4-5-11-8-15-9(2)6-13(14)12(11)7-10/h4-5,7,9,13-14H,3,6,8H2,1-2H3/t9?,13-/m0/s1. The van der Waals surface area contributed by atoms with Crippen molar-refractivity contribution in [1.29, 1.82) is 0 Å². The largest absolute Gasteiger partial charge is 0.388 e. The van der Waals surface area contributed by atoms with Crippen LogP contribution < -0.4 is 0 Å².